The molecule has 7 nitrogen and oxygen atoms in total. The molecule has 1 amide bonds. The van der Waals surface area contributed by atoms with Gasteiger partial charge in [0.1, 0.15) is 0 Å². The van der Waals surface area contributed by atoms with E-state index in [0.29, 0.717) is 17.8 Å². The number of carbonyl (C=O) groups is 2. The summed E-state index contributed by atoms with van der Waals surface area (Å²) in [6.45, 7) is 10.2. The molecule has 155 valence electrons. The Kier molecular flexibility index (Phi) is 10.0. The fourth-order valence-corrected chi connectivity index (χ4v) is 2.58. The Morgan fingerprint density at radius 3 is 2.39 bits per heavy atom. The number of esters is 1. The summed E-state index contributed by atoms with van der Waals surface area (Å²) in [5.41, 5.74) is 0.395. The van der Waals surface area contributed by atoms with Gasteiger partial charge in [0.05, 0.1) is 0 Å². The van der Waals surface area contributed by atoms with E-state index in [2.05, 4.69) is 31.6 Å². The first-order valence-electron chi connectivity index (χ1n) is 9.24. The van der Waals surface area contributed by atoms with Crippen molar-refractivity contribution in [3.05, 3.63) is 35.9 Å². The van der Waals surface area contributed by atoms with E-state index in [-0.39, 0.29) is 18.5 Å². The molecule has 0 saturated heterocycles. The van der Waals surface area contributed by atoms with Crippen LogP contribution in [-0.2, 0) is 20.9 Å². The van der Waals surface area contributed by atoms with E-state index >= 15 is 0 Å². The summed E-state index contributed by atoms with van der Waals surface area (Å²) in [5, 5.41) is 5.69. The van der Waals surface area contributed by atoms with Gasteiger partial charge in [0, 0.05) is 0 Å². The van der Waals surface area contributed by atoms with Crippen molar-refractivity contribution in [1.82, 2.24) is 10.6 Å². The first kappa shape index (κ1) is 24.0. The molecule has 0 aliphatic rings. The number of nitrogens with one attached hydrogen (secondary N) is 2. The molecule has 0 heterocycles. The van der Waals surface area contributed by atoms with Gasteiger partial charge in [-0.15, -0.1) is 0 Å². The molecular weight excluding hydrogens is 425 g/mol. The quantitative estimate of drug-likeness (QED) is 0.207. The number of hydrogen-bond donors (Lipinski definition) is 2. The second kappa shape index (κ2) is 11.7. The van der Waals surface area contributed by atoms with Crippen molar-refractivity contribution >= 4 is 32.8 Å². The average molecular weight is 455 g/mol. The van der Waals surface area contributed by atoms with Crippen LogP contribution in [0.1, 0.15) is 40.2 Å². The minimum atomic E-state index is -0.538. The molecular formula is C20H30N3O4Se. The molecule has 0 unspecified atom stereocenters. The molecule has 0 saturated carbocycles. The van der Waals surface area contributed by atoms with Crippen LogP contribution >= 0.6 is 0 Å². The number of amides is 1. The number of rotatable bonds is 8. The van der Waals surface area contributed by atoms with Crippen LogP contribution in [-0.4, -0.2) is 57.5 Å². The van der Waals surface area contributed by atoms with Crippen LogP contribution in [0.3, 0.4) is 0 Å². The van der Waals surface area contributed by atoms with Crippen LogP contribution in [0.2, 0.25) is 0 Å². The molecule has 2 N–H and O–H groups in total. The van der Waals surface area contributed by atoms with Crippen molar-refractivity contribution in [1.29, 1.82) is 0 Å². The Labute approximate surface area is 175 Å². The van der Waals surface area contributed by atoms with Crippen molar-refractivity contribution in [3.8, 4) is 0 Å². The number of nitrogens with zero attached hydrogens (tertiary/aromatic N) is 1. The SMILES string of the molecule is CC(C)[C@H](NC([Se])=NCCNC(=O)OC(C)(C)C)C(=O)OCc1ccccc1. The Hall–Kier alpha value is -2.05. The number of hydrogen-bond acceptors (Lipinski definition) is 5. The topological polar surface area (TPSA) is 89.0 Å². The first-order valence-corrected chi connectivity index (χ1v) is 10.1. The Balaban J connectivity index is 2.45. The molecule has 1 radical (unpaired) electrons. The van der Waals surface area contributed by atoms with Gasteiger partial charge in [0.15, 0.2) is 0 Å². The third kappa shape index (κ3) is 10.3. The van der Waals surface area contributed by atoms with E-state index in [4.69, 9.17) is 9.47 Å². The maximum absolute atomic E-state index is 12.4. The second-order valence-electron chi connectivity index (χ2n) is 7.57. The maximum atomic E-state index is 12.4. The molecule has 0 bridgehead atoms. The van der Waals surface area contributed by atoms with Crippen LogP contribution in [0, 0.1) is 5.92 Å². The van der Waals surface area contributed by atoms with Crippen LogP contribution in [0.15, 0.2) is 35.3 Å². The van der Waals surface area contributed by atoms with Gasteiger partial charge in [-0.3, -0.25) is 0 Å². The van der Waals surface area contributed by atoms with Gasteiger partial charge in [0.2, 0.25) is 0 Å². The summed E-state index contributed by atoms with van der Waals surface area (Å²) in [7, 11) is 0. The Morgan fingerprint density at radius 2 is 1.82 bits per heavy atom. The van der Waals surface area contributed by atoms with E-state index in [0.717, 1.165) is 5.56 Å². The molecule has 0 aliphatic carbocycles. The molecule has 0 aliphatic heterocycles. The van der Waals surface area contributed by atoms with Crippen molar-refractivity contribution < 1.29 is 19.1 Å². The zero-order valence-corrected chi connectivity index (χ0v) is 18.9. The zero-order chi connectivity index (χ0) is 21.2. The summed E-state index contributed by atoms with van der Waals surface area (Å²) >= 11 is 2.80. The number of amidine groups is 1. The molecule has 1 rings (SSSR count). The number of carbonyl (C=O) groups excluding carboxylic acids is 2. The summed E-state index contributed by atoms with van der Waals surface area (Å²) in [4.78, 5) is 28.3. The molecule has 8 heteroatoms. The number of aliphatic imine (C=N–C) groups is 1. The van der Waals surface area contributed by atoms with E-state index in [1.165, 1.54) is 0 Å². The molecule has 0 fully saturated rings. The van der Waals surface area contributed by atoms with Gasteiger partial charge in [-0.25, -0.2) is 0 Å². The van der Waals surface area contributed by atoms with Crippen LogP contribution < -0.4 is 10.6 Å². The Morgan fingerprint density at radius 1 is 1.18 bits per heavy atom. The van der Waals surface area contributed by atoms with E-state index in [1.807, 2.05) is 44.2 Å². The van der Waals surface area contributed by atoms with Gasteiger partial charge in [-0.05, 0) is 0 Å². The van der Waals surface area contributed by atoms with Gasteiger partial charge in [0.25, 0.3) is 0 Å². The fraction of sp³-hybridized carbons (Fsp3) is 0.550. The minimum absolute atomic E-state index is 0.0155. The summed E-state index contributed by atoms with van der Waals surface area (Å²) in [5.74, 6) is -0.324. The first-order chi connectivity index (χ1) is 13.1. The third-order valence-corrected chi connectivity index (χ3v) is 3.98. The molecule has 1 aromatic carbocycles. The zero-order valence-electron chi connectivity index (χ0n) is 17.2. The number of benzene rings is 1. The molecule has 28 heavy (non-hydrogen) atoms. The van der Waals surface area contributed by atoms with Crippen molar-refractivity contribution in [2.75, 3.05) is 13.1 Å². The Bertz CT molecular complexity index is 657. The van der Waals surface area contributed by atoms with E-state index < -0.39 is 17.7 Å². The monoisotopic (exact) mass is 456 g/mol. The van der Waals surface area contributed by atoms with Crippen molar-refractivity contribution in [2.45, 2.75) is 52.9 Å². The van der Waals surface area contributed by atoms with Gasteiger partial charge < -0.3 is 0 Å². The van der Waals surface area contributed by atoms with Crippen LogP contribution in [0.4, 0.5) is 4.79 Å². The third-order valence-electron chi connectivity index (χ3n) is 3.46. The fourth-order valence-electron chi connectivity index (χ4n) is 2.12. The second-order valence-corrected chi connectivity index (χ2v) is 8.39. The van der Waals surface area contributed by atoms with Crippen molar-refractivity contribution in [2.24, 2.45) is 10.9 Å². The normalized spacial score (nSPS) is 13.0. The molecule has 0 spiro atoms. The predicted molar refractivity (Wildman–Crippen MR) is 110 cm³/mol. The molecule has 0 aromatic heterocycles. The molecule has 1 aromatic rings. The van der Waals surface area contributed by atoms with Crippen molar-refractivity contribution in [3.63, 3.8) is 0 Å². The van der Waals surface area contributed by atoms with E-state index in [1.54, 1.807) is 20.8 Å². The van der Waals surface area contributed by atoms with Gasteiger partial charge in [-0.2, -0.15) is 0 Å². The van der Waals surface area contributed by atoms with Gasteiger partial charge >= 0.3 is 175 Å². The summed E-state index contributed by atoms with van der Waals surface area (Å²) in [6, 6.07) is 9.00. The average Bonchev–Trinajstić information content (AvgIpc) is 2.60. The van der Waals surface area contributed by atoms with E-state index in [9.17, 15) is 9.59 Å². The predicted octanol–water partition coefficient (Wildman–Crippen LogP) is 2.39. The summed E-state index contributed by atoms with van der Waals surface area (Å²) in [6.07, 6.45) is -0.484. The van der Waals surface area contributed by atoms with Gasteiger partial charge in [-0.1, -0.05) is 0 Å². The standard InChI is InChI=1S/C20H30N3O4Se/c1-14(2)16(17(24)26-13-15-9-7-6-8-10-15)23-18(28)21-11-12-22-19(25)27-20(3,4)5/h6-10,14,16H,11-13H2,1-5H3,(H,21,23)(H,22,25)/t16-/m0/s1. The van der Waals surface area contributed by atoms with Crippen LogP contribution in [0.25, 0.3) is 0 Å². The molecule has 1 atom stereocenters. The van der Waals surface area contributed by atoms with Crippen LogP contribution in [0.5, 0.6) is 0 Å². The number of ether oxygens (including phenoxy) is 2. The summed E-state index contributed by atoms with van der Waals surface area (Å²) < 4.78 is 11.1. The number of alkyl carbamates (subject to hydrolysis) is 1.